The van der Waals surface area contributed by atoms with E-state index in [1.165, 1.54) is 12.1 Å². The smallest absolute Gasteiger partial charge is 0.253 e. The van der Waals surface area contributed by atoms with Gasteiger partial charge in [-0.05, 0) is 38.2 Å². The van der Waals surface area contributed by atoms with Crippen molar-refractivity contribution in [1.29, 1.82) is 0 Å². The first-order valence-corrected chi connectivity index (χ1v) is 5.88. The lowest BCUT2D eigenvalue weighted by Crippen LogP contribution is -2.36. The topological polar surface area (TPSA) is 32.3 Å². The van der Waals surface area contributed by atoms with Gasteiger partial charge in [-0.3, -0.25) is 4.79 Å². The van der Waals surface area contributed by atoms with Gasteiger partial charge in [-0.15, -0.1) is 0 Å². The number of amides is 1. The van der Waals surface area contributed by atoms with Crippen molar-refractivity contribution >= 4 is 17.5 Å². The van der Waals surface area contributed by atoms with Gasteiger partial charge in [0.15, 0.2) is 0 Å². The minimum absolute atomic E-state index is 0.117. The lowest BCUT2D eigenvalue weighted by atomic mass is 10.2. The molecule has 1 fully saturated rings. The first kappa shape index (κ1) is 12.3. The molecule has 17 heavy (non-hydrogen) atoms. The molecule has 0 aliphatic carbocycles. The summed E-state index contributed by atoms with van der Waals surface area (Å²) in [5.41, 5.74) is 0.196. The molecule has 1 N–H and O–H groups in total. The molecule has 3 nitrogen and oxygen atoms in total. The van der Waals surface area contributed by atoms with Crippen LogP contribution in [0.5, 0.6) is 0 Å². The second kappa shape index (κ2) is 5.02. The Morgan fingerprint density at radius 2 is 2.35 bits per heavy atom. The first-order valence-electron chi connectivity index (χ1n) is 5.50. The van der Waals surface area contributed by atoms with Crippen LogP contribution in [-0.4, -0.2) is 37.0 Å². The van der Waals surface area contributed by atoms with E-state index in [0.717, 1.165) is 25.6 Å². The van der Waals surface area contributed by atoms with Gasteiger partial charge in [0.05, 0.1) is 10.6 Å². The van der Waals surface area contributed by atoms with Crippen molar-refractivity contribution in [1.82, 2.24) is 10.2 Å². The Morgan fingerprint density at radius 1 is 1.59 bits per heavy atom. The number of nitrogens with zero attached hydrogens (tertiary/aromatic N) is 1. The molecule has 0 spiro atoms. The Morgan fingerprint density at radius 3 is 3.00 bits per heavy atom. The highest BCUT2D eigenvalue weighted by Gasteiger charge is 2.22. The van der Waals surface area contributed by atoms with Crippen molar-refractivity contribution < 1.29 is 9.18 Å². The fraction of sp³-hybridized carbons (Fsp3) is 0.417. The van der Waals surface area contributed by atoms with Gasteiger partial charge in [0.2, 0.25) is 0 Å². The van der Waals surface area contributed by atoms with Crippen molar-refractivity contribution in [2.24, 2.45) is 0 Å². The number of benzene rings is 1. The molecule has 5 heteroatoms. The number of hydrogen-bond donors (Lipinski definition) is 1. The molecule has 1 aromatic carbocycles. The van der Waals surface area contributed by atoms with Gasteiger partial charge >= 0.3 is 0 Å². The summed E-state index contributed by atoms with van der Waals surface area (Å²) in [6.45, 7) is 1.78. The molecule has 1 atom stereocenters. The SMILES string of the molecule is CN1CCC(NC(=O)c2cc(F)ccc2Cl)C1. The number of likely N-dealkylation sites (N-methyl/N-ethyl adjacent to an activating group) is 1. The summed E-state index contributed by atoms with van der Waals surface area (Å²) in [5, 5.41) is 3.14. The van der Waals surface area contributed by atoms with E-state index >= 15 is 0 Å². The van der Waals surface area contributed by atoms with Crippen molar-refractivity contribution in [2.75, 3.05) is 20.1 Å². The Hall–Kier alpha value is -1.13. The van der Waals surface area contributed by atoms with Gasteiger partial charge in [-0.2, -0.15) is 0 Å². The van der Waals surface area contributed by atoms with Gasteiger partial charge in [0, 0.05) is 12.6 Å². The van der Waals surface area contributed by atoms with E-state index < -0.39 is 5.82 Å². The fourth-order valence-electron chi connectivity index (χ4n) is 1.99. The predicted molar refractivity (Wildman–Crippen MR) is 64.8 cm³/mol. The molecule has 1 amide bonds. The minimum atomic E-state index is -0.455. The lowest BCUT2D eigenvalue weighted by Gasteiger charge is -2.13. The molecular formula is C12H14ClFN2O. The van der Waals surface area contributed by atoms with E-state index in [4.69, 9.17) is 11.6 Å². The number of halogens is 2. The zero-order valence-electron chi connectivity index (χ0n) is 9.54. The maximum absolute atomic E-state index is 13.0. The predicted octanol–water partition coefficient (Wildman–Crippen LogP) is 1.91. The van der Waals surface area contributed by atoms with Crippen LogP contribution in [0, 0.1) is 5.82 Å². The monoisotopic (exact) mass is 256 g/mol. The molecule has 1 saturated heterocycles. The van der Waals surface area contributed by atoms with Crippen LogP contribution in [0.15, 0.2) is 18.2 Å². The lowest BCUT2D eigenvalue weighted by molar-refractivity contribution is 0.0938. The summed E-state index contributed by atoms with van der Waals surface area (Å²) in [6.07, 6.45) is 0.912. The van der Waals surface area contributed by atoms with Crippen LogP contribution < -0.4 is 5.32 Å². The average Bonchev–Trinajstić information content (AvgIpc) is 2.67. The molecule has 92 valence electrons. The Labute approximate surface area is 105 Å². The highest BCUT2D eigenvalue weighted by molar-refractivity contribution is 6.33. The van der Waals surface area contributed by atoms with Gasteiger partial charge in [0.25, 0.3) is 5.91 Å². The summed E-state index contributed by atoms with van der Waals surface area (Å²) < 4.78 is 13.0. The molecule has 0 saturated carbocycles. The van der Waals surface area contributed by atoms with Crippen LogP contribution in [0.2, 0.25) is 5.02 Å². The van der Waals surface area contributed by atoms with Crippen molar-refractivity contribution in [3.8, 4) is 0 Å². The average molecular weight is 257 g/mol. The highest BCUT2D eigenvalue weighted by Crippen LogP contribution is 2.17. The zero-order chi connectivity index (χ0) is 12.4. The normalized spacial score (nSPS) is 20.5. The van der Waals surface area contributed by atoms with E-state index in [0.29, 0.717) is 0 Å². The van der Waals surface area contributed by atoms with Crippen LogP contribution in [0.4, 0.5) is 4.39 Å². The molecule has 1 aromatic rings. The van der Waals surface area contributed by atoms with Crippen LogP contribution in [0.3, 0.4) is 0 Å². The van der Waals surface area contributed by atoms with Gasteiger partial charge in [-0.25, -0.2) is 4.39 Å². The van der Waals surface area contributed by atoms with Crippen molar-refractivity contribution in [3.05, 3.63) is 34.6 Å². The second-order valence-corrected chi connectivity index (χ2v) is 4.75. The quantitative estimate of drug-likeness (QED) is 0.877. The molecular weight excluding hydrogens is 243 g/mol. The zero-order valence-corrected chi connectivity index (χ0v) is 10.3. The largest absolute Gasteiger partial charge is 0.348 e. The molecule has 0 bridgehead atoms. The van der Waals surface area contributed by atoms with Gasteiger partial charge < -0.3 is 10.2 Å². The highest BCUT2D eigenvalue weighted by atomic mass is 35.5. The summed E-state index contributed by atoms with van der Waals surface area (Å²) >= 11 is 5.87. The fourth-order valence-corrected chi connectivity index (χ4v) is 2.19. The number of rotatable bonds is 2. The summed E-state index contributed by atoms with van der Waals surface area (Å²) in [5.74, 6) is -0.766. The standard InChI is InChI=1S/C12H14ClFN2O/c1-16-5-4-9(7-16)15-12(17)10-6-8(14)2-3-11(10)13/h2-3,6,9H,4-5,7H2,1H3,(H,15,17). The number of carbonyl (C=O) groups is 1. The molecule has 1 aliphatic heterocycles. The van der Waals surface area contributed by atoms with Gasteiger partial charge in [0.1, 0.15) is 5.82 Å². The second-order valence-electron chi connectivity index (χ2n) is 4.35. The van der Waals surface area contributed by atoms with E-state index in [2.05, 4.69) is 10.2 Å². The van der Waals surface area contributed by atoms with E-state index in [1.807, 2.05) is 7.05 Å². The molecule has 1 aliphatic rings. The molecule has 1 unspecified atom stereocenters. The molecule has 0 aromatic heterocycles. The Bertz CT molecular complexity index is 439. The Kier molecular flexibility index (Phi) is 3.64. The van der Waals surface area contributed by atoms with Crippen LogP contribution in [-0.2, 0) is 0 Å². The summed E-state index contributed by atoms with van der Waals surface area (Å²) in [4.78, 5) is 14.0. The molecule has 2 rings (SSSR count). The van der Waals surface area contributed by atoms with Crippen molar-refractivity contribution in [3.63, 3.8) is 0 Å². The number of carbonyl (C=O) groups excluding carboxylic acids is 1. The van der Waals surface area contributed by atoms with E-state index in [-0.39, 0.29) is 22.5 Å². The maximum Gasteiger partial charge on any atom is 0.253 e. The van der Waals surface area contributed by atoms with Crippen LogP contribution >= 0.6 is 11.6 Å². The van der Waals surface area contributed by atoms with E-state index in [1.54, 1.807) is 0 Å². The molecule has 0 radical (unpaired) electrons. The third-order valence-corrected chi connectivity index (χ3v) is 3.23. The van der Waals surface area contributed by atoms with Crippen LogP contribution in [0.25, 0.3) is 0 Å². The number of hydrogen-bond acceptors (Lipinski definition) is 2. The van der Waals surface area contributed by atoms with E-state index in [9.17, 15) is 9.18 Å². The summed E-state index contributed by atoms with van der Waals surface area (Å²) in [6, 6.07) is 3.91. The first-order chi connectivity index (χ1) is 8.06. The number of likely N-dealkylation sites (tertiary alicyclic amines) is 1. The number of nitrogens with one attached hydrogen (secondary N) is 1. The molecule has 1 heterocycles. The maximum atomic E-state index is 13.0. The third-order valence-electron chi connectivity index (χ3n) is 2.90. The summed E-state index contributed by atoms with van der Waals surface area (Å²) in [7, 11) is 2.00. The van der Waals surface area contributed by atoms with Crippen molar-refractivity contribution in [2.45, 2.75) is 12.5 Å². The minimum Gasteiger partial charge on any atom is -0.348 e. The van der Waals surface area contributed by atoms with Crippen LogP contribution in [0.1, 0.15) is 16.8 Å². The Balaban J connectivity index is 2.06. The third kappa shape index (κ3) is 2.96. The van der Waals surface area contributed by atoms with Gasteiger partial charge in [-0.1, -0.05) is 11.6 Å².